The number of carbonyl (C=O) groups excluding carboxylic acids is 1. The summed E-state index contributed by atoms with van der Waals surface area (Å²) in [5.74, 6) is 0.636. The zero-order valence-electron chi connectivity index (χ0n) is 16.6. The summed E-state index contributed by atoms with van der Waals surface area (Å²) in [6.07, 6.45) is 3.85. The largest absolute Gasteiger partial charge is 0.338 e. The molecule has 0 unspecified atom stereocenters. The molecule has 2 aromatic carbocycles. The Bertz CT molecular complexity index is 1360. The summed E-state index contributed by atoms with van der Waals surface area (Å²) in [5.41, 5.74) is 2.22. The molecule has 3 heterocycles. The number of fused-ring (bicyclic) bond motifs is 2. The minimum atomic E-state index is -0.368. The molecule has 0 atom stereocenters. The first kappa shape index (κ1) is 19.5. The van der Waals surface area contributed by atoms with E-state index in [4.69, 9.17) is 16.1 Å². The van der Waals surface area contributed by atoms with Crippen molar-refractivity contribution < 1.29 is 9.32 Å². The Kier molecular flexibility index (Phi) is 5.03. The van der Waals surface area contributed by atoms with Gasteiger partial charge in [-0.25, -0.2) is 4.98 Å². The van der Waals surface area contributed by atoms with Crippen LogP contribution in [0.2, 0.25) is 5.02 Å². The monoisotopic (exact) mass is 434 g/mol. The van der Waals surface area contributed by atoms with Gasteiger partial charge in [-0.15, -0.1) is 0 Å². The lowest BCUT2D eigenvalue weighted by atomic mass is 10.1. The molecule has 4 aromatic rings. The Hall–Kier alpha value is -3.45. The molecule has 0 spiro atoms. The van der Waals surface area contributed by atoms with E-state index in [9.17, 15) is 9.59 Å². The van der Waals surface area contributed by atoms with Crippen LogP contribution in [0.25, 0.3) is 22.2 Å². The number of anilines is 1. The van der Waals surface area contributed by atoms with E-state index in [-0.39, 0.29) is 17.4 Å². The Labute approximate surface area is 182 Å². The van der Waals surface area contributed by atoms with E-state index in [1.165, 1.54) is 0 Å². The Morgan fingerprint density at radius 2 is 2.00 bits per heavy atom. The summed E-state index contributed by atoms with van der Waals surface area (Å²) < 4.78 is 7.02. The molecule has 0 saturated heterocycles. The highest BCUT2D eigenvalue weighted by atomic mass is 35.5. The number of halogens is 1. The number of rotatable bonds is 3. The van der Waals surface area contributed by atoms with Crippen LogP contribution >= 0.6 is 11.6 Å². The second-order valence-corrected chi connectivity index (χ2v) is 8.00. The van der Waals surface area contributed by atoms with Crippen LogP contribution in [0.3, 0.4) is 0 Å². The van der Waals surface area contributed by atoms with Crippen LogP contribution in [0.1, 0.15) is 35.4 Å². The predicted octanol–water partition coefficient (Wildman–Crippen LogP) is 4.68. The van der Waals surface area contributed by atoms with E-state index in [0.717, 1.165) is 37.1 Å². The minimum absolute atomic E-state index is 0.0461. The molecule has 31 heavy (non-hydrogen) atoms. The first-order chi connectivity index (χ1) is 15.1. The lowest BCUT2D eigenvalue weighted by Gasteiger charge is -2.10. The number of hydrogen-bond acceptors (Lipinski definition) is 5. The maximum absolute atomic E-state index is 12.8. The molecule has 0 bridgehead atoms. The third-order valence-electron chi connectivity index (χ3n) is 5.45. The molecule has 5 rings (SSSR count). The van der Waals surface area contributed by atoms with E-state index in [2.05, 4.69) is 15.5 Å². The lowest BCUT2D eigenvalue weighted by Crippen LogP contribution is -2.24. The number of benzene rings is 2. The number of carbonyl (C=O) groups is 1. The molecule has 0 radical (unpaired) electrons. The molecule has 0 saturated carbocycles. The topological polar surface area (TPSA) is 90.0 Å². The van der Waals surface area contributed by atoms with Crippen molar-refractivity contribution in [3.8, 4) is 11.3 Å². The third kappa shape index (κ3) is 3.84. The van der Waals surface area contributed by atoms with Crippen molar-refractivity contribution in [2.24, 2.45) is 0 Å². The van der Waals surface area contributed by atoms with Gasteiger partial charge in [-0.1, -0.05) is 35.3 Å². The molecular formula is C23H19ClN4O3. The fraction of sp³-hybridized carbons (Fsp3) is 0.217. The summed E-state index contributed by atoms with van der Waals surface area (Å²) >= 11 is 6.02. The van der Waals surface area contributed by atoms with Crippen molar-refractivity contribution in [3.63, 3.8) is 0 Å². The predicted molar refractivity (Wildman–Crippen MR) is 118 cm³/mol. The van der Waals surface area contributed by atoms with Crippen LogP contribution in [0, 0.1) is 0 Å². The standard InChI is InChI=1S/C23H19ClN4O3/c24-16-6-4-5-14(11-16)18-13-21(31-27-18)26-22(29)15-8-9-17-19(12-15)25-20-7-2-1-3-10-28(20)23(17)30/h4-6,8-9,11-13H,1-3,7,10H2,(H,26,29). The molecule has 2 aromatic heterocycles. The average molecular weight is 435 g/mol. The minimum Gasteiger partial charge on any atom is -0.338 e. The summed E-state index contributed by atoms with van der Waals surface area (Å²) in [7, 11) is 0. The van der Waals surface area contributed by atoms with Crippen molar-refractivity contribution >= 4 is 34.3 Å². The normalized spacial score (nSPS) is 13.6. The van der Waals surface area contributed by atoms with Gasteiger partial charge in [-0.2, -0.15) is 0 Å². The number of nitrogens with zero attached hydrogens (tertiary/aromatic N) is 3. The third-order valence-corrected chi connectivity index (χ3v) is 5.68. The number of aryl methyl sites for hydroxylation is 1. The molecular weight excluding hydrogens is 416 g/mol. The maximum Gasteiger partial charge on any atom is 0.261 e. The van der Waals surface area contributed by atoms with Gasteiger partial charge >= 0.3 is 0 Å². The van der Waals surface area contributed by atoms with Gasteiger partial charge in [0.1, 0.15) is 11.5 Å². The number of nitrogens with one attached hydrogen (secondary N) is 1. The van der Waals surface area contributed by atoms with Gasteiger partial charge < -0.3 is 4.52 Å². The first-order valence-corrected chi connectivity index (χ1v) is 10.5. The molecule has 7 nitrogen and oxygen atoms in total. The van der Waals surface area contributed by atoms with Crippen LogP contribution in [-0.4, -0.2) is 20.6 Å². The van der Waals surface area contributed by atoms with Crippen molar-refractivity contribution in [2.45, 2.75) is 32.2 Å². The van der Waals surface area contributed by atoms with Gasteiger partial charge in [-0.3, -0.25) is 19.5 Å². The Morgan fingerprint density at radius 1 is 1.10 bits per heavy atom. The highest BCUT2D eigenvalue weighted by molar-refractivity contribution is 6.30. The molecule has 1 N–H and O–H groups in total. The Balaban J connectivity index is 1.42. The van der Waals surface area contributed by atoms with Crippen LogP contribution in [0.15, 0.2) is 57.8 Å². The SMILES string of the molecule is O=C(Nc1cc(-c2cccc(Cl)c2)no1)c1ccc2c(=O)n3c(nc2c1)CCCCC3. The van der Waals surface area contributed by atoms with Crippen LogP contribution < -0.4 is 10.9 Å². The summed E-state index contributed by atoms with van der Waals surface area (Å²) in [4.78, 5) is 30.3. The summed E-state index contributed by atoms with van der Waals surface area (Å²) in [6.45, 7) is 0.694. The molecule has 0 aliphatic carbocycles. The van der Waals surface area contributed by atoms with Gasteiger partial charge in [0.15, 0.2) is 0 Å². The van der Waals surface area contributed by atoms with Crippen molar-refractivity contribution in [1.82, 2.24) is 14.7 Å². The number of aromatic nitrogens is 3. The zero-order chi connectivity index (χ0) is 21.4. The van der Waals surface area contributed by atoms with E-state index in [1.807, 2.05) is 12.1 Å². The van der Waals surface area contributed by atoms with Crippen molar-refractivity contribution in [3.05, 3.63) is 75.3 Å². The van der Waals surface area contributed by atoms with Crippen LogP contribution in [0.4, 0.5) is 5.88 Å². The molecule has 1 aliphatic rings. The molecule has 1 aliphatic heterocycles. The molecule has 1 amide bonds. The Morgan fingerprint density at radius 3 is 2.87 bits per heavy atom. The van der Waals surface area contributed by atoms with E-state index in [0.29, 0.717) is 33.7 Å². The number of amides is 1. The van der Waals surface area contributed by atoms with Gasteiger partial charge in [-0.05, 0) is 43.2 Å². The summed E-state index contributed by atoms with van der Waals surface area (Å²) in [6, 6.07) is 13.8. The fourth-order valence-corrected chi connectivity index (χ4v) is 4.05. The molecule has 156 valence electrons. The number of hydrogen-bond donors (Lipinski definition) is 1. The van der Waals surface area contributed by atoms with Crippen LogP contribution in [-0.2, 0) is 13.0 Å². The smallest absolute Gasteiger partial charge is 0.261 e. The van der Waals surface area contributed by atoms with Gasteiger partial charge in [0.2, 0.25) is 5.88 Å². The van der Waals surface area contributed by atoms with E-state index in [1.54, 1.807) is 41.0 Å². The maximum atomic E-state index is 12.8. The van der Waals surface area contributed by atoms with Crippen molar-refractivity contribution in [2.75, 3.05) is 5.32 Å². The average Bonchev–Trinajstić information content (AvgIpc) is 3.10. The highest BCUT2D eigenvalue weighted by Gasteiger charge is 2.16. The highest BCUT2D eigenvalue weighted by Crippen LogP contribution is 2.25. The molecule has 0 fully saturated rings. The van der Waals surface area contributed by atoms with Gasteiger partial charge in [0, 0.05) is 35.2 Å². The van der Waals surface area contributed by atoms with Gasteiger partial charge in [0.25, 0.3) is 11.5 Å². The fourth-order valence-electron chi connectivity index (χ4n) is 3.86. The lowest BCUT2D eigenvalue weighted by molar-refractivity contribution is 0.102. The second-order valence-electron chi connectivity index (χ2n) is 7.57. The summed E-state index contributed by atoms with van der Waals surface area (Å²) in [5, 5.41) is 7.80. The zero-order valence-corrected chi connectivity index (χ0v) is 17.4. The van der Waals surface area contributed by atoms with E-state index >= 15 is 0 Å². The van der Waals surface area contributed by atoms with E-state index < -0.39 is 0 Å². The van der Waals surface area contributed by atoms with Crippen LogP contribution in [0.5, 0.6) is 0 Å². The van der Waals surface area contributed by atoms with Gasteiger partial charge in [0.05, 0.1) is 10.9 Å². The molecule has 8 heteroatoms. The second kappa shape index (κ2) is 8.00. The van der Waals surface area contributed by atoms with Crippen molar-refractivity contribution in [1.29, 1.82) is 0 Å². The quantitative estimate of drug-likeness (QED) is 0.505. The first-order valence-electron chi connectivity index (χ1n) is 10.2.